The Morgan fingerprint density at radius 1 is 1.33 bits per heavy atom. The van der Waals surface area contributed by atoms with Crippen LogP contribution in [0.1, 0.15) is 27.7 Å². The highest BCUT2D eigenvalue weighted by molar-refractivity contribution is 7.52. The zero-order valence-electron chi connectivity index (χ0n) is 18.2. The largest absolute Gasteiger partial charge is 0.462 e. The summed E-state index contributed by atoms with van der Waals surface area (Å²) in [6.07, 6.45) is -1.36. The van der Waals surface area contributed by atoms with Crippen molar-refractivity contribution in [1.82, 2.24) is 5.09 Å². The zero-order valence-corrected chi connectivity index (χ0v) is 19.8. The third-order valence-corrected chi connectivity index (χ3v) is 6.92. The molecule has 1 fully saturated rings. The molecule has 1 unspecified atom stereocenters. The summed E-state index contributed by atoms with van der Waals surface area (Å²) in [5.74, 6) is -0.247. The molecule has 1 N–H and O–H groups in total. The number of rotatable bonds is 10. The quantitative estimate of drug-likeness (QED) is 0.246. The maximum Gasteiger partial charge on any atom is 0.459 e. The lowest BCUT2D eigenvalue weighted by molar-refractivity contribution is -0.149. The van der Waals surface area contributed by atoms with E-state index in [4.69, 9.17) is 34.9 Å². The molecule has 1 aliphatic rings. The Morgan fingerprint density at radius 2 is 1.97 bits per heavy atom. The van der Waals surface area contributed by atoms with E-state index in [1.54, 1.807) is 44.2 Å². The molecule has 0 aromatic heterocycles. The number of halogens is 1. The number of hydrogen-bond donors (Lipinski definition) is 1. The Kier molecular flexibility index (Phi) is 8.80. The standard InChI is InChI=1S/C19H30BClNO7P/c1-12(2)27-17(23)13(3)22-30(24,29-14-9-7-6-8-10-14)26-11-15-16(25-5)19(4,21)18(20)28-15/h6-10,12-13,15-16,18H,11,20H2,1-5H3,(H,22,24)/t13-,15-,16-,18-,19-,30?/m1/s1. The van der Waals surface area contributed by atoms with Crippen molar-refractivity contribution in [3.8, 4) is 5.75 Å². The van der Waals surface area contributed by atoms with Crippen molar-refractivity contribution in [3.05, 3.63) is 30.3 Å². The summed E-state index contributed by atoms with van der Waals surface area (Å²) in [5, 5.41) is 2.64. The number of esters is 1. The summed E-state index contributed by atoms with van der Waals surface area (Å²) < 4.78 is 41.3. The van der Waals surface area contributed by atoms with Crippen molar-refractivity contribution in [3.63, 3.8) is 0 Å². The Labute approximate surface area is 183 Å². The second kappa shape index (κ2) is 10.5. The molecule has 0 radical (unpaired) electrons. The molecule has 1 saturated heterocycles. The van der Waals surface area contributed by atoms with Crippen LogP contribution in [0.2, 0.25) is 0 Å². The second-order valence-corrected chi connectivity index (χ2v) is 10.2. The van der Waals surface area contributed by atoms with E-state index in [1.165, 1.54) is 14.0 Å². The van der Waals surface area contributed by atoms with E-state index < -0.39 is 36.8 Å². The van der Waals surface area contributed by atoms with Crippen molar-refractivity contribution in [2.75, 3.05) is 13.7 Å². The van der Waals surface area contributed by atoms with Crippen LogP contribution in [0.3, 0.4) is 0 Å². The summed E-state index contributed by atoms with van der Waals surface area (Å²) >= 11 is 6.55. The number of para-hydroxylation sites is 1. The molecule has 30 heavy (non-hydrogen) atoms. The lowest BCUT2D eigenvalue weighted by Crippen LogP contribution is -2.43. The van der Waals surface area contributed by atoms with Gasteiger partial charge in [-0.15, -0.1) is 11.6 Å². The Bertz CT molecular complexity index is 752. The molecule has 0 saturated carbocycles. The minimum Gasteiger partial charge on any atom is -0.462 e. The zero-order chi connectivity index (χ0) is 22.5. The van der Waals surface area contributed by atoms with E-state index in [2.05, 4.69) is 5.09 Å². The summed E-state index contributed by atoms with van der Waals surface area (Å²) in [7, 11) is -0.611. The van der Waals surface area contributed by atoms with Gasteiger partial charge in [0.05, 0.1) is 17.6 Å². The molecule has 1 aliphatic heterocycles. The van der Waals surface area contributed by atoms with Crippen LogP contribution in [0.4, 0.5) is 0 Å². The highest BCUT2D eigenvalue weighted by Gasteiger charge is 2.51. The Balaban J connectivity index is 2.15. The minimum atomic E-state index is -3.98. The minimum absolute atomic E-state index is 0.117. The van der Waals surface area contributed by atoms with Crippen LogP contribution >= 0.6 is 19.3 Å². The molecule has 168 valence electrons. The molecule has 6 atom stereocenters. The van der Waals surface area contributed by atoms with Crippen molar-refractivity contribution in [2.45, 2.75) is 62.9 Å². The molecule has 1 heterocycles. The van der Waals surface area contributed by atoms with Gasteiger partial charge in [-0.25, -0.2) is 4.57 Å². The number of benzene rings is 1. The third kappa shape index (κ3) is 6.46. The van der Waals surface area contributed by atoms with Crippen LogP contribution in [0.5, 0.6) is 5.75 Å². The van der Waals surface area contributed by atoms with E-state index in [0.717, 1.165) is 0 Å². The number of carbonyl (C=O) groups excluding carboxylic acids is 1. The summed E-state index contributed by atoms with van der Waals surface area (Å²) in [6.45, 7) is 6.68. The first kappa shape index (κ1) is 25.2. The van der Waals surface area contributed by atoms with Gasteiger partial charge in [-0.3, -0.25) is 9.32 Å². The fourth-order valence-electron chi connectivity index (χ4n) is 3.08. The number of hydrogen-bond acceptors (Lipinski definition) is 7. The van der Waals surface area contributed by atoms with Crippen LogP contribution in [0, 0.1) is 0 Å². The van der Waals surface area contributed by atoms with Gasteiger partial charge in [-0.05, 0) is 39.8 Å². The van der Waals surface area contributed by atoms with Crippen molar-refractivity contribution < 1.29 is 32.6 Å². The van der Waals surface area contributed by atoms with E-state index >= 15 is 0 Å². The van der Waals surface area contributed by atoms with Gasteiger partial charge in [0.25, 0.3) is 0 Å². The predicted octanol–water partition coefficient (Wildman–Crippen LogP) is 2.49. The Hall–Kier alpha value is -1.09. The molecule has 1 aromatic rings. The predicted molar refractivity (Wildman–Crippen MR) is 117 cm³/mol. The molecular weight excluding hydrogens is 431 g/mol. The maximum absolute atomic E-state index is 13.5. The fourth-order valence-corrected chi connectivity index (χ4v) is 4.86. The lowest BCUT2D eigenvalue weighted by atomic mass is 9.85. The average Bonchev–Trinajstić information content (AvgIpc) is 2.88. The number of methoxy groups -OCH3 is 1. The average molecular weight is 462 g/mol. The SMILES string of the molecule is B[C@@H]1O[C@H](COP(=O)(N[C@H](C)C(=O)OC(C)C)Oc2ccccc2)[C@@H](OC)[C@@]1(C)Cl. The maximum atomic E-state index is 13.5. The number of carbonyl (C=O) groups is 1. The highest BCUT2D eigenvalue weighted by Crippen LogP contribution is 2.46. The molecule has 0 spiro atoms. The molecule has 8 nitrogen and oxygen atoms in total. The normalized spacial score (nSPS) is 29.4. The number of alkyl halides is 1. The third-order valence-electron chi connectivity index (χ3n) is 4.76. The lowest BCUT2D eigenvalue weighted by Gasteiger charge is -2.28. The van der Waals surface area contributed by atoms with Crippen LogP contribution in [-0.2, 0) is 28.1 Å². The number of nitrogens with one attached hydrogen (secondary N) is 1. The smallest absolute Gasteiger partial charge is 0.459 e. The molecule has 0 aliphatic carbocycles. The van der Waals surface area contributed by atoms with E-state index in [1.807, 2.05) is 14.8 Å². The van der Waals surface area contributed by atoms with Gasteiger partial charge >= 0.3 is 13.7 Å². The van der Waals surface area contributed by atoms with Crippen LogP contribution in [0.25, 0.3) is 0 Å². The topological polar surface area (TPSA) is 92.3 Å². The van der Waals surface area contributed by atoms with Gasteiger partial charge in [0.15, 0.2) is 0 Å². The van der Waals surface area contributed by atoms with Gasteiger partial charge in [0.2, 0.25) is 0 Å². The van der Waals surface area contributed by atoms with Gasteiger partial charge in [-0.1, -0.05) is 18.2 Å². The van der Waals surface area contributed by atoms with E-state index in [0.29, 0.717) is 5.75 Å². The second-order valence-electron chi connectivity index (χ2n) is 7.66. The van der Waals surface area contributed by atoms with Gasteiger partial charge < -0.3 is 18.7 Å². The summed E-state index contributed by atoms with van der Waals surface area (Å²) in [6, 6.07) is 7.30. The van der Waals surface area contributed by atoms with Crippen molar-refractivity contribution in [1.29, 1.82) is 0 Å². The molecule has 0 bridgehead atoms. The first-order valence-corrected chi connectivity index (χ1v) is 11.7. The first-order chi connectivity index (χ1) is 14.0. The van der Waals surface area contributed by atoms with Crippen LogP contribution in [-0.4, -0.2) is 62.8 Å². The Morgan fingerprint density at radius 3 is 2.53 bits per heavy atom. The van der Waals surface area contributed by atoms with Gasteiger partial charge in [0, 0.05) is 13.1 Å². The molecule has 0 amide bonds. The molecule has 11 heteroatoms. The van der Waals surface area contributed by atoms with Gasteiger partial charge in [0.1, 0.15) is 31.8 Å². The van der Waals surface area contributed by atoms with E-state index in [-0.39, 0.29) is 18.7 Å². The van der Waals surface area contributed by atoms with Gasteiger partial charge in [-0.2, -0.15) is 5.09 Å². The molecule has 2 rings (SSSR count). The molecule has 1 aromatic carbocycles. The first-order valence-electron chi connectivity index (χ1n) is 9.83. The van der Waals surface area contributed by atoms with E-state index in [9.17, 15) is 9.36 Å². The summed E-state index contributed by atoms with van der Waals surface area (Å²) in [4.78, 5) is 11.4. The number of ether oxygens (including phenoxy) is 3. The fraction of sp³-hybridized carbons (Fsp3) is 0.632. The van der Waals surface area contributed by atoms with Crippen molar-refractivity contribution in [2.24, 2.45) is 0 Å². The highest BCUT2D eigenvalue weighted by atomic mass is 35.5. The monoisotopic (exact) mass is 461 g/mol. The molecular formula is C19H30BClNO7P. The van der Waals surface area contributed by atoms with Crippen molar-refractivity contribution >= 4 is 33.2 Å². The summed E-state index contributed by atoms with van der Waals surface area (Å²) in [5.41, 5.74) is 0. The van der Waals surface area contributed by atoms with Crippen LogP contribution in [0.15, 0.2) is 30.3 Å². The van der Waals surface area contributed by atoms with Crippen LogP contribution < -0.4 is 9.61 Å².